The Balaban J connectivity index is 1.22. The minimum atomic E-state index is -0.462. The first-order valence-corrected chi connectivity index (χ1v) is 10.3. The number of carbonyl (C=O) groups excluding carboxylic acids is 3. The number of rotatable bonds is 7. The van der Waals surface area contributed by atoms with Crippen molar-refractivity contribution >= 4 is 23.5 Å². The van der Waals surface area contributed by atoms with E-state index in [2.05, 4.69) is 5.32 Å². The van der Waals surface area contributed by atoms with Gasteiger partial charge in [-0.3, -0.25) is 14.5 Å². The van der Waals surface area contributed by atoms with Crippen molar-refractivity contribution in [1.82, 2.24) is 9.80 Å². The van der Waals surface area contributed by atoms with Gasteiger partial charge in [0.2, 0.25) is 5.91 Å². The summed E-state index contributed by atoms with van der Waals surface area (Å²) in [7, 11) is 0. The molecule has 2 aromatic rings. The van der Waals surface area contributed by atoms with E-state index >= 15 is 0 Å². The Labute approximate surface area is 174 Å². The van der Waals surface area contributed by atoms with Gasteiger partial charge in [-0.1, -0.05) is 42.8 Å². The summed E-state index contributed by atoms with van der Waals surface area (Å²) in [5.41, 5.74) is 2.40. The van der Waals surface area contributed by atoms with E-state index in [0.29, 0.717) is 38.8 Å². The molecule has 1 atom stereocenters. The molecule has 6 nitrogen and oxygen atoms in total. The fourth-order valence-electron chi connectivity index (χ4n) is 4.09. The number of unbranched alkanes of at least 4 members (excludes halogenated alkanes) is 2. The Morgan fingerprint density at radius 1 is 1.00 bits per heavy atom. The van der Waals surface area contributed by atoms with Crippen molar-refractivity contribution < 1.29 is 18.8 Å². The highest BCUT2D eigenvalue weighted by Gasteiger charge is 2.46. The predicted molar refractivity (Wildman–Crippen MR) is 110 cm³/mol. The number of anilines is 1. The molecular weight excluding hydrogens is 385 g/mol. The first kappa shape index (κ1) is 20.1. The van der Waals surface area contributed by atoms with E-state index in [9.17, 15) is 18.8 Å². The fraction of sp³-hybridized carbons (Fsp3) is 0.348. The third kappa shape index (κ3) is 4.06. The number of imide groups is 1. The van der Waals surface area contributed by atoms with Crippen molar-refractivity contribution in [3.8, 4) is 0 Å². The monoisotopic (exact) mass is 409 g/mol. The number of para-hydroxylation sites is 1. The first-order chi connectivity index (χ1) is 14.5. The lowest BCUT2D eigenvalue weighted by Gasteiger charge is -2.28. The Bertz CT molecular complexity index is 935. The summed E-state index contributed by atoms with van der Waals surface area (Å²) in [6, 6.07) is 13.3. The van der Waals surface area contributed by atoms with Crippen LogP contribution in [-0.2, 0) is 22.6 Å². The zero-order valence-electron chi connectivity index (χ0n) is 16.6. The molecule has 7 heteroatoms. The van der Waals surface area contributed by atoms with Crippen LogP contribution in [0.4, 0.5) is 14.9 Å². The molecule has 156 valence electrons. The summed E-state index contributed by atoms with van der Waals surface area (Å²) < 4.78 is 13.6. The average molecular weight is 409 g/mol. The zero-order valence-corrected chi connectivity index (χ0v) is 16.6. The summed E-state index contributed by atoms with van der Waals surface area (Å²) >= 11 is 0. The van der Waals surface area contributed by atoms with Gasteiger partial charge in [-0.05, 0) is 36.1 Å². The van der Waals surface area contributed by atoms with Crippen molar-refractivity contribution in [2.75, 3.05) is 11.9 Å². The molecule has 0 saturated carbocycles. The standard InChI is InChI=1S/C23H24FN3O3/c24-18-10-5-6-11-19(18)25-21(28)12-2-1-7-13-26-22(29)20-14-16-8-3-4-9-17(16)15-27(20)23(26)30/h3-6,8-11,20H,1-2,7,12-15H2,(H,25,28)/t20-/m0/s1. The third-order valence-electron chi connectivity index (χ3n) is 5.71. The van der Waals surface area contributed by atoms with Crippen LogP contribution in [0.1, 0.15) is 36.8 Å². The lowest BCUT2D eigenvalue weighted by Crippen LogP contribution is -2.39. The Morgan fingerprint density at radius 3 is 2.53 bits per heavy atom. The van der Waals surface area contributed by atoms with Gasteiger partial charge in [-0.15, -0.1) is 0 Å². The van der Waals surface area contributed by atoms with Gasteiger partial charge < -0.3 is 10.2 Å². The highest BCUT2D eigenvalue weighted by Crippen LogP contribution is 2.30. The summed E-state index contributed by atoms with van der Waals surface area (Å²) in [4.78, 5) is 40.4. The Morgan fingerprint density at radius 2 is 1.73 bits per heavy atom. The number of urea groups is 1. The second-order valence-electron chi connectivity index (χ2n) is 7.73. The van der Waals surface area contributed by atoms with Crippen LogP contribution in [0.3, 0.4) is 0 Å². The van der Waals surface area contributed by atoms with Crippen LogP contribution in [0, 0.1) is 5.82 Å². The topological polar surface area (TPSA) is 69.7 Å². The first-order valence-electron chi connectivity index (χ1n) is 10.3. The lowest BCUT2D eigenvalue weighted by atomic mass is 9.95. The van der Waals surface area contributed by atoms with E-state index in [-0.39, 0.29) is 30.0 Å². The molecule has 2 aromatic carbocycles. The predicted octanol–water partition coefficient (Wildman–Crippen LogP) is 3.71. The minimum Gasteiger partial charge on any atom is -0.324 e. The number of nitrogens with one attached hydrogen (secondary N) is 1. The maximum absolute atomic E-state index is 13.6. The SMILES string of the molecule is O=C(CCCCCN1C(=O)[C@@H]2Cc3ccccc3CN2C1=O)Nc1ccccc1F. The van der Waals surface area contributed by atoms with Gasteiger partial charge in [0.25, 0.3) is 5.91 Å². The smallest absolute Gasteiger partial charge is 0.324 e. The molecule has 1 saturated heterocycles. The Hall–Kier alpha value is -3.22. The highest BCUT2D eigenvalue weighted by molar-refractivity contribution is 6.04. The molecular formula is C23H24FN3O3. The second-order valence-corrected chi connectivity index (χ2v) is 7.73. The van der Waals surface area contributed by atoms with Crippen molar-refractivity contribution in [2.45, 2.75) is 44.7 Å². The molecule has 4 amide bonds. The number of fused-ring (bicyclic) bond motifs is 2. The maximum atomic E-state index is 13.6. The average Bonchev–Trinajstić information content (AvgIpc) is 2.97. The Kier molecular flexibility index (Phi) is 5.79. The minimum absolute atomic E-state index is 0.133. The van der Waals surface area contributed by atoms with Crippen LogP contribution < -0.4 is 5.32 Å². The van der Waals surface area contributed by atoms with Crippen LogP contribution in [0.5, 0.6) is 0 Å². The van der Waals surface area contributed by atoms with Crippen LogP contribution in [0.25, 0.3) is 0 Å². The van der Waals surface area contributed by atoms with Gasteiger partial charge >= 0.3 is 6.03 Å². The summed E-state index contributed by atoms with van der Waals surface area (Å²) in [6.07, 6.45) is 2.77. The molecule has 0 bridgehead atoms. The van der Waals surface area contributed by atoms with E-state index in [4.69, 9.17) is 0 Å². The van der Waals surface area contributed by atoms with Gasteiger partial charge in [-0.2, -0.15) is 0 Å². The van der Waals surface area contributed by atoms with Gasteiger partial charge in [0.1, 0.15) is 11.9 Å². The van der Waals surface area contributed by atoms with E-state index in [0.717, 1.165) is 11.1 Å². The van der Waals surface area contributed by atoms with E-state index in [1.54, 1.807) is 17.0 Å². The summed E-state index contributed by atoms with van der Waals surface area (Å²) in [5, 5.41) is 2.56. The molecule has 2 heterocycles. The maximum Gasteiger partial charge on any atom is 0.327 e. The highest BCUT2D eigenvalue weighted by atomic mass is 19.1. The molecule has 0 aromatic heterocycles. The molecule has 0 spiro atoms. The van der Waals surface area contributed by atoms with Gasteiger partial charge in [0.15, 0.2) is 0 Å². The molecule has 1 fully saturated rings. The van der Waals surface area contributed by atoms with Gasteiger partial charge in [0, 0.05) is 25.9 Å². The fourth-order valence-corrected chi connectivity index (χ4v) is 4.09. The molecule has 0 radical (unpaired) electrons. The van der Waals surface area contributed by atoms with Gasteiger partial charge in [-0.25, -0.2) is 9.18 Å². The summed E-state index contributed by atoms with van der Waals surface area (Å²) in [5.74, 6) is -0.842. The number of carbonyl (C=O) groups is 3. The molecule has 0 aliphatic carbocycles. The molecule has 30 heavy (non-hydrogen) atoms. The second kappa shape index (κ2) is 8.65. The molecule has 2 aliphatic rings. The van der Waals surface area contributed by atoms with Crippen LogP contribution >= 0.6 is 0 Å². The summed E-state index contributed by atoms with van der Waals surface area (Å²) in [6.45, 7) is 0.827. The number of nitrogens with zero attached hydrogens (tertiary/aromatic N) is 2. The van der Waals surface area contributed by atoms with Crippen molar-refractivity contribution in [1.29, 1.82) is 0 Å². The van der Waals surface area contributed by atoms with Crippen LogP contribution in [-0.4, -0.2) is 40.2 Å². The largest absolute Gasteiger partial charge is 0.327 e. The van der Waals surface area contributed by atoms with E-state index in [1.807, 2.05) is 24.3 Å². The number of hydrogen-bond donors (Lipinski definition) is 1. The molecule has 1 N–H and O–H groups in total. The van der Waals surface area contributed by atoms with Crippen LogP contribution in [0.2, 0.25) is 0 Å². The quantitative estimate of drug-likeness (QED) is 0.560. The number of halogens is 1. The van der Waals surface area contributed by atoms with Crippen molar-refractivity contribution in [3.05, 3.63) is 65.5 Å². The lowest BCUT2D eigenvalue weighted by molar-refractivity contribution is -0.128. The number of benzene rings is 2. The molecule has 0 unspecified atom stereocenters. The van der Waals surface area contributed by atoms with Crippen molar-refractivity contribution in [2.24, 2.45) is 0 Å². The number of hydrogen-bond acceptors (Lipinski definition) is 3. The zero-order chi connectivity index (χ0) is 21.1. The van der Waals surface area contributed by atoms with E-state index in [1.165, 1.54) is 17.0 Å². The normalized spacial score (nSPS) is 17.7. The van der Waals surface area contributed by atoms with E-state index < -0.39 is 11.9 Å². The molecule has 4 rings (SSSR count). The van der Waals surface area contributed by atoms with Crippen molar-refractivity contribution in [3.63, 3.8) is 0 Å². The van der Waals surface area contributed by atoms with Crippen LogP contribution in [0.15, 0.2) is 48.5 Å². The third-order valence-corrected chi connectivity index (χ3v) is 5.71. The molecule has 2 aliphatic heterocycles. The number of amides is 4. The van der Waals surface area contributed by atoms with Gasteiger partial charge in [0.05, 0.1) is 5.69 Å².